The number of benzene rings is 1. The van der Waals surface area contributed by atoms with E-state index in [1.807, 2.05) is 18.2 Å². The maximum atomic E-state index is 11.8. The lowest BCUT2D eigenvalue weighted by Crippen LogP contribution is -2.47. The number of hydrogen-bond acceptors (Lipinski definition) is 2. The van der Waals surface area contributed by atoms with Crippen LogP contribution in [0.2, 0.25) is 0 Å². The van der Waals surface area contributed by atoms with E-state index < -0.39 is 0 Å². The molecule has 0 bridgehead atoms. The van der Waals surface area contributed by atoms with E-state index in [9.17, 15) is 4.79 Å². The molecule has 1 saturated carbocycles. The average molecular weight is 444 g/mol. The van der Waals surface area contributed by atoms with Crippen molar-refractivity contribution in [3.8, 4) is 0 Å². The summed E-state index contributed by atoms with van der Waals surface area (Å²) in [5.41, 5.74) is 1.16. The normalized spacial score (nSPS) is 15.3. The van der Waals surface area contributed by atoms with Crippen molar-refractivity contribution in [2.24, 2.45) is 4.99 Å². The lowest BCUT2D eigenvalue weighted by atomic mass is 9.96. The first-order valence-electron chi connectivity index (χ1n) is 8.44. The topological polar surface area (TPSA) is 56.7 Å². The molecule has 2 N–H and O–H groups in total. The van der Waals surface area contributed by atoms with E-state index in [2.05, 4.69) is 27.8 Å². The molecule has 1 aromatic carbocycles. The highest BCUT2D eigenvalue weighted by Gasteiger charge is 2.15. The van der Waals surface area contributed by atoms with Crippen LogP contribution in [-0.2, 0) is 11.3 Å². The van der Waals surface area contributed by atoms with Gasteiger partial charge in [0.15, 0.2) is 5.96 Å². The molecule has 134 valence electrons. The third-order valence-electron chi connectivity index (χ3n) is 4.11. The van der Waals surface area contributed by atoms with E-state index in [1.54, 1.807) is 19.0 Å². The van der Waals surface area contributed by atoms with Gasteiger partial charge < -0.3 is 15.5 Å². The van der Waals surface area contributed by atoms with E-state index in [1.165, 1.54) is 32.1 Å². The molecule has 1 aliphatic rings. The van der Waals surface area contributed by atoms with Crippen LogP contribution in [0.5, 0.6) is 0 Å². The number of rotatable bonds is 5. The fraction of sp³-hybridized carbons (Fsp3) is 0.556. The lowest BCUT2D eigenvalue weighted by Gasteiger charge is -2.25. The fourth-order valence-corrected chi connectivity index (χ4v) is 2.66. The Hall–Kier alpha value is -1.31. The lowest BCUT2D eigenvalue weighted by molar-refractivity contribution is -0.127. The predicted octanol–water partition coefficient (Wildman–Crippen LogP) is 2.76. The van der Waals surface area contributed by atoms with Gasteiger partial charge in [0.2, 0.25) is 5.91 Å². The summed E-state index contributed by atoms with van der Waals surface area (Å²) >= 11 is 0. The first kappa shape index (κ1) is 20.7. The van der Waals surface area contributed by atoms with Gasteiger partial charge in [-0.1, -0.05) is 49.6 Å². The SMILES string of the molecule is CN(C)C(=O)CNC(=NCc1ccccc1)NC1CCCCC1.I. The maximum Gasteiger partial charge on any atom is 0.241 e. The molecule has 1 aliphatic carbocycles. The smallest absolute Gasteiger partial charge is 0.241 e. The van der Waals surface area contributed by atoms with Gasteiger partial charge in [-0.2, -0.15) is 0 Å². The summed E-state index contributed by atoms with van der Waals surface area (Å²) in [6.07, 6.45) is 6.20. The van der Waals surface area contributed by atoms with Crippen molar-refractivity contribution in [1.29, 1.82) is 0 Å². The van der Waals surface area contributed by atoms with Crippen LogP contribution in [0.1, 0.15) is 37.7 Å². The minimum Gasteiger partial charge on any atom is -0.354 e. The summed E-state index contributed by atoms with van der Waals surface area (Å²) in [6, 6.07) is 10.6. The Morgan fingerprint density at radius 2 is 1.83 bits per heavy atom. The number of nitrogens with one attached hydrogen (secondary N) is 2. The van der Waals surface area contributed by atoms with E-state index >= 15 is 0 Å². The first-order chi connectivity index (χ1) is 11.1. The van der Waals surface area contributed by atoms with Crippen molar-refractivity contribution in [1.82, 2.24) is 15.5 Å². The van der Waals surface area contributed by atoms with Gasteiger partial charge in [-0.05, 0) is 18.4 Å². The Bertz CT molecular complexity index is 513. The van der Waals surface area contributed by atoms with Crippen LogP contribution in [0.3, 0.4) is 0 Å². The molecule has 0 saturated heterocycles. The quantitative estimate of drug-likeness (QED) is 0.417. The molecule has 24 heavy (non-hydrogen) atoms. The fourth-order valence-electron chi connectivity index (χ4n) is 2.66. The third kappa shape index (κ3) is 7.51. The molecule has 0 unspecified atom stereocenters. The standard InChI is InChI=1S/C18H28N4O.HI/c1-22(2)17(23)14-20-18(21-16-11-7-4-8-12-16)19-13-15-9-5-3-6-10-15;/h3,5-6,9-10,16H,4,7-8,11-14H2,1-2H3,(H2,19,20,21);1H. The monoisotopic (exact) mass is 444 g/mol. The number of halogens is 1. The van der Waals surface area contributed by atoms with Gasteiger partial charge in [-0.25, -0.2) is 4.99 Å². The molecule has 1 fully saturated rings. The number of hydrogen-bond donors (Lipinski definition) is 2. The van der Waals surface area contributed by atoms with Crippen LogP contribution < -0.4 is 10.6 Å². The van der Waals surface area contributed by atoms with Gasteiger partial charge in [-0.15, -0.1) is 24.0 Å². The predicted molar refractivity (Wildman–Crippen MR) is 110 cm³/mol. The maximum absolute atomic E-state index is 11.8. The Morgan fingerprint density at radius 3 is 2.46 bits per heavy atom. The molecule has 0 aromatic heterocycles. The molecule has 1 amide bonds. The Kier molecular flexibility index (Phi) is 9.75. The van der Waals surface area contributed by atoms with Crippen LogP contribution >= 0.6 is 24.0 Å². The number of aliphatic imine (C=N–C) groups is 1. The zero-order valence-electron chi connectivity index (χ0n) is 14.6. The molecule has 0 atom stereocenters. The summed E-state index contributed by atoms with van der Waals surface area (Å²) in [6.45, 7) is 0.874. The van der Waals surface area contributed by atoms with Crippen molar-refractivity contribution >= 4 is 35.8 Å². The molecule has 0 heterocycles. The first-order valence-corrected chi connectivity index (χ1v) is 8.44. The third-order valence-corrected chi connectivity index (χ3v) is 4.11. The summed E-state index contributed by atoms with van der Waals surface area (Å²) in [7, 11) is 3.53. The zero-order valence-corrected chi connectivity index (χ0v) is 17.0. The molecular formula is C18H29IN4O. The van der Waals surface area contributed by atoms with Gasteiger partial charge in [0.05, 0.1) is 13.1 Å². The minimum absolute atomic E-state index is 0. The van der Waals surface area contributed by atoms with Gasteiger partial charge in [0.25, 0.3) is 0 Å². The zero-order chi connectivity index (χ0) is 16.5. The highest BCUT2D eigenvalue weighted by atomic mass is 127. The second-order valence-electron chi connectivity index (χ2n) is 6.27. The van der Waals surface area contributed by atoms with Crippen LogP contribution in [0.4, 0.5) is 0 Å². The van der Waals surface area contributed by atoms with E-state index in [-0.39, 0.29) is 36.4 Å². The molecule has 6 heteroatoms. The highest BCUT2D eigenvalue weighted by Crippen LogP contribution is 2.17. The number of guanidine groups is 1. The molecule has 5 nitrogen and oxygen atoms in total. The van der Waals surface area contributed by atoms with Gasteiger partial charge in [-0.3, -0.25) is 4.79 Å². The molecular weight excluding hydrogens is 415 g/mol. The van der Waals surface area contributed by atoms with Crippen LogP contribution in [0.15, 0.2) is 35.3 Å². The Morgan fingerprint density at radius 1 is 1.17 bits per heavy atom. The molecule has 1 aromatic rings. The van der Waals surface area contributed by atoms with Crippen molar-refractivity contribution in [2.45, 2.75) is 44.7 Å². The number of nitrogens with zero attached hydrogens (tertiary/aromatic N) is 2. The van der Waals surface area contributed by atoms with Crippen molar-refractivity contribution in [3.63, 3.8) is 0 Å². The van der Waals surface area contributed by atoms with Crippen molar-refractivity contribution in [3.05, 3.63) is 35.9 Å². The second kappa shape index (κ2) is 11.3. The van der Waals surface area contributed by atoms with Crippen molar-refractivity contribution < 1.29 is 4.79 Å². The van der Waals surface area contributed by atoms with Gasteiger partial charge >= 0.3 is 0 Å². The van der Waals surface area contributed by atoms with Crippen LogP contribution in [0.25, 0.3) is 0 Å². The molecule has 0 radical (unpaired) electrons. The number of carbonyl (C=O) groups is 1. The summed E-state index contributed by atoms with van der Waals surface area (Å²) in [5.74, 6) is 0.777. The molecule has 0 aliphatic heterocycles. The largest absolute Gasteiger partial charge is 0.354 e. The van der Waals surface area contributed by atoms with Crippen LogP contribution in [0, 0.1) is 0 Å². The summed E-state index contributed by atoms with van der Waals surface area (Å²) in [4.78, 5) is 18.0. The van der Waals surface area contributed by atoms with E-state index in [4.69, 9.17) is 0 Å². The van der Waals surface area contributed by atoms with E-state index in [0.717, 1.165) is 11.5 Å². The molecule has 0 spiro atoms. The van der Waals surface area contributed by atoms with Crippen molar-refractivity contribution in [2.75, 3.05) is 20.6 Å². The number of likely N-dealkylation sites (N-methyl/N-ethyl adjacent to an activating group) is 1. The Balaban J connectivity index is 0.00000288. The second-order valence-corrected chi connectivity index (χ2v) is 6.27. The van der Waals surface area contributed by atoms with E-state index in [0.29, 0.717) is 12.6 Å². The Labute approximate surface area is 162 Å². The molecule has 2 rings (SSSR count). The van der Waals surface area contributed by atoms with Crippen LogP contribution in [-0.4, -0.2) is 43.4 Å². The summed E-state index contributed by atoms with van der Waals surface area (Å²) < 4.78 is 0. The minimum atomic E-state index is 0. The van der Waals surface area contributed by atoms with Gasteiger partial charge in [0, 0.05) is 20.1 Å². The van der Waals surface area contributed by atoms with Gasteiger partial charge in [0.1, 0.15) is 0 Å². The highest BCUT2D eigenvalue weighted by molar-refractivity contribution is 14.0. The number of carbonyl (C=O) groups excluding carboxylic acids is 1. The average Bonchev–Trinajstić information content (AvgIpc) is 2.58. The number of amides is 1. The summed E-state index contributed by atoms with van der Waals surface area (Å²) in [5, 5.41) is 6.65.